The van der Waals surface area contributed by atoms with E-state index < -0.39 is 17.5 Å². The van der Waals surface area contributed by atoms with Gasteiger partial charge in [-0.3, -0.25) is 4.79 Å². The van der Waals surface area contributed by atoms with Crippen molar-refractivity contribution in [2.45, 2.75) is 0 Å². The molecule has 16 heavy (non-hydrogen) atoms. The van der Waals surface area contributed by atoms with Crippen LogP contribution in [0.4, 0.5) is 14.5 Å². The molecule has 0 saturated carbocycles. The quantitative estimate of drug-likeness (QED) is 0.875. The summed E-state index contributed by atoms with van der Waals surface area (Å²) in [5, 5.41) is 2.37. The summed E-state index contributed by atoms with van der Waals surface area (Å²) in [7, 11) is 0. The summed E-state index contributed by atoms with van der Waals surface area (Å²) in [5.74, 6) is -2.50. The van der Waals surface area contributed by atoms with E-state index >= 15 is 0 Å². The Bertz CT molecular complexity index is 515. The number of aromatic nitrogens is 2. The van der Waals surface area contributed by atoms with Gasteiger partial charge in [-0.1, -0.05) is 0 Å². The van der Waals surface area contributed by atoms with E-state index in [1.54, 1.807) is 0 Å². The first kappa shape index (κ1) is 10.6. The first-order chi connectivity index (χ1) is 7.66. The Morgan fingerprint density at radius 2 is 2.12 bits per heavy atom. The van der Waals surface area contributed by atoms with Crippen molar-refractivity contribution in [3.05, 3.63) is 41.7 Å². The Kier molecular flexibility index (Phi) is 2.86. The first-order valence-electron chi connectivity index (χ1n) is 4.21. The van der Waals surface area contributed by atoms with Crippen molar-refractivity contribution >= 4 is 23.3 Å². The van der Waals surface area contributed by atoms with Crippen LogP contribution in [0.2, 0.25) is 0 Å². The fourth-order valence-electron chi connectivity index (χ4n) is 1.03. The highest BCUT2D eigenvalue weighted by Gasteiger charge is 2.10. The van der Waals surface area contributed by atoms with Crippen LogP contribution in [-0.4, -0.2) is 14.7 Å². The smallest absolute Gasteiger partial charge is 0.277 e. The first-order valence-corrected chi connectivity index (χ1v) is 4.94. The molecule has 82 valence electrons. The standard InChI is InChI=1S/C9H5F2N3OS/c10-6-2-1-5(3-7(6)11)13-9(15)8-4-12-16-14-8/h1-4H,(H,13,15). The molecule has 2 aromatic rings. The Morgan fingerprint density at radius 3 is 2.75 bits per heavy atom. The predicted octanol–water partition coefficient (Wildman–Crippen LogP) is 2.07. The minimum atomic E-state index is -1.02. The van der Waals surface area contributed by atoms with Gasteiger partial charge in [0.05, 0.1) is 17.9 Å². The highest BCUT2D eigenvalue weighted by molar-refractivity contribution is 6.99. The lowest BCUT2D eigenvalue weighted by Crippen LogP contribution is -2.12. The van der Waals surface area contributed by atoms with E-state index in [4.69, 9.17) is 0 Å². The van der Waals surface area contributed by atoms with E-state index in [9.17, 15) is 13.6 Å². The molecule has 1 aromatic carbocycles. The molecule has 1 amide bonds. The van der Waals surface area contributed by atoms with Gasteiger partial charge in [0.1, 0.15) is 0 Å². The van der Waals surface area contributed by atoms with E-state index in [1.165, 1.54) is 12.3 Å². The van der Waals surface area contributed by atoms with Crippen LogP contribution in [-0.2, 0) is 0 Å². The molecular weight excluding hydrogens is 236 g/mol. The minimum absolute atomic E-state index is 0.134. The Morgan fingerprint density at radius 1 is 1.31 bits per heavy atom. The van der Waals surface area contributed by atoms with Crippen molar-refractivity contribution in [2.75, 3.05) is 5.32 Å². The van der Waals surface area contributed by atoms with Gasteiger partial charge in [-0.15, -0.1) is 0 Å². The highest BCUT2D eigenvalue weighted by atomic mass is 32.1. The molecule has 0 unspecified atom stereocenters. The molecule has 2 rings (SSSR count). The van der Waals surface area contributed by atoms with E-state index in [0.717, 1.165) is 23.9 Å². The summed E-state index contributed by atoms with van der Waals surface area (Å²) in [6.45, 7) is 0. The lowest BCUT2D eigenvalue weighted by Gasteiger charge is -2.02. The summed E-state index contributed by atoms with van der Waals surface area (Å²) in [6.07, 6.45) is 1.29. The van der Waals surface area contributed by atoms with Crippen molar-refractivity contribution in [1.29, 1.82) is 0 Å². The third-order valence-electron chi connectivity index (χ3n) is 1.77. The second-order valence-corrected chi connectivity index (χ2v) is 3.43. The van der Waals surface area contributed by atoms with Gasteiger partial charge in [-0.25, -0.2) is 8.78 Å². The second kappa shape index (κ2) is 4.31. The SMILES string of the molecule is O=C(Nc1ccc(F)c(F)c1)c1cnsn1. The molecule has 0 radical (unpaired) electrons. The Balaban J connectivity index is 2.15. The van der Waals surface area contributed by atoms with E-state index in [2.05, 4.69) is 14.1 Å². The zero-order chi connectivity index (χ0) is 11.5. The summed E-state index contributed by atoms with van der Waals surface area (Å²) in [5.41, 5.74) is 0.298. The highest BCUT2D eigenvalue weighted by Crippen LogP contribution is 2.13. The van der Waals surface area contributed by atoms with E-state index in [1.807, 2.05) is 0 Å². The molecule has 0 atom stereocenters. The largest absolute Gasteiger partial charge is 0.320 e. The van der Waals surface area contributed by atoms with Crippen LogP contribution in [0.1, 0.15) is 10.5 Å². The fraction of sp³-hybridized carbons (Fsp3) is 0. The average Bonchev–Trinajstić information content (AvgIpc) is 2.77. The number of carbonyl (C=O) groups excluding carboxylic acids is 1. The number of nitrogens with zero attached hydrogens (tertiary/aromatic N) is 2. The molecule has 0 aliphatic carbocycles. The number of rotatable bonds is 2. The molecule has 1 heterocycles. The van der Waals surface area contributed by atoms with Gasteiger partial charge in [-0.05, 0) is 12.1 Å². The lowest BCUT2D eigenvalue weighted by molar-refractivity contribution is 0.102. The molecule has 0 saturated heterocycles. The molecule has 0 aliphatic rings. The number of benzene rings is 1. The zero-order valence-corrected chi connectivity index (χ0v) is 8.59. The maximum Gasteiger partial charge on any atom is 0.277 e. The van der Waals surface area contributed by atoms with Crippen LogP contribution in [0.15, 0.2) is 24.4 Å². The number of hydrogen-bond acceptors (Lipinski definition) is 4. The van der Waals surface area contributed by atoms with Crippen LogP contribution in [0, 0.1) is 11.6 Å². The third-order valence-corrected chi connectivity index (χ3v) is 2.25. The fourth-order valence-corrected chi connectivity index (χ4v) is 1.45. The minimum Gasteiger partial charge on any atom is -0.320 e. The zero-order valence-electron chi connectivity index (χ0n) is 7.78. The Hall–Kier alpha value is -1.89. The lowest BCUT2D eigenvalue weighted by atomic mass is 10.3. The summed E-state index contributed by atoms with van der Waals surface area (Å²) >= 11 is 0.889. The van der Waals surface area contributed by atoms with Gasteiger partial charge in [0.15, 0.2) is 17.3 Å². The van der Waals surface area contributed by atoms with Crippen LogP contribution < -0.4 is 5.32 Å². The monoisotopic (exact) mass is 241 g/mol. The van der Waals surface area contributed by atoms with Crippen LogP contribution in [0.25, 0.3) is 0 Å². The second-order valence-electron chi connectivity index (χ2n) is 2.88. The number of halogens is 2. The number of amides is 1. The van der Waals surface area contributed by atoms with Crippen molar-refractivity contribution in [3.8, 4) is 0 Å². The topological polar surface area (TPSA) is 54.9 Å². The van der Waals surface area contributed by atoms with Crippen LogP contribution in [0.5, 0.6) is 0 Å². The van der Waals surface area contributed by atoms with E-state index in [-0.39, 0.29) is 11.4 Å². The number of anilines is 1. The molecule has 0 bridgehead atoms. The normalized spacial score (nSPS) is 10.1. The van der Waals surface area contributed by atoms with Gasteiger partial charge < -0.3 is 5.32 Å². The average molecular weight is 241 g/mol. The molecule has 0 fully saturated rings. The van der Waals surface area contributed by atoms with Crippen molar-refractivity contribution in [1.82, 2.24) is 8.75 Å². The molecule has 1 aromatic heterocycles. The van der Waals surface area contributed by atoms with Gasteiger partial charge in [0, 0.05) is 11.8 Å². The summed E-state index contributed by atoms with van der Waals surface area (Å²) < 4.78 is 32.8. The molecule has 0 aliphatic heterocycles. The maximum absolute atomic E-state index is 12.8. The maximum atomic E-state index is 12.8. The number of nitrogens with one attached hydrogen (secondary N) is 1. The number of hydrogen-bond donors (Lipinski definition) is 1. The molecule has 4 nitrogen and oxygen atoms in total. The van der Waals surface area contributed by atoms with Crippen molar-refractivity contribution in [3.63, 3.8) is 0 Å². The molecule has 7 heteroatoms. The predicted molar refractivity (Wildman–Crippen MR) is 54.2 cm³/mol. The third kappa shape index (κ3) is 2.19. The van der Waals surface area contributed by atoms with Gasteiger partial charge >= 0.3 is 0 Å². The Labute approximate surface area is 93.3 Å². The van der Waals surface area contributed by atoms with Crippen molar-refractivity contribution in [2.24, 2.45) is 0 Å². The summed E-state index contributed by atoms with van der Waals surface area (Å²) in [6, 6.07) is 3.09. The summed E-state index contributed by atoms with van der Waals surface area (Å²) in [4.78, 5) is 11.4. The van der Waals surface area contributed by atoms with E-state index in [0.29, 0.717) is 0 Å². The van der Waals surface area contributed by atoms with Crippen LogP contribution in [0.3, 0.4) is 0 Å². The van der Waals surface area contributed by atoms with Gasteiger partial charge in [0.2, 0.25) is 0 Å². The van der Waals surface area contributed by atoms with Crippen LogP contribution >= 0.6 is 11.7 Å². The molecule has 1 N–H and O–H groups in total. The van der Waals surface area contributed by atoms with Gasteiger partial charge in [-0.2, -0.15) is 8.75 Å². The van der Waals surface area contributed by atoms with Crippen molar-refractivity contribution < 1.29 is 13.6 Å². The molecule has 0 spiro atoms. The van der Waals surface area contributed by atoms with Gasteiger partial charge in [0.25, 0.3) is 5.91 Å². The molecular formula is C9H5F2N3OS. The number of carbonyl (C=O) groups is 1.